The van der Waals surface area contributed by atoms with Gasteiger partial charge < -0.3 is 10.2 Å². The largest absolute Gasteiger partial charge is 0.416 e. The molecular formula is C38H40F3N3O4S. The van der Waals surface area contributed by atoms with Crippen molar-refractivity contribution in [3.63, 3.8) is 0 Å². The van der Waals surface area contributed by atoms with Crippen LogP contribution in [0.4, 0.5) is 18.9 Å². The average molecular weight is 692 g/mol. The van der Waals surface area contributed by atoms with Crippen LogP contribution in [0.25, 0.3) is 0 Å². The van der Waals surface area contributed by atoms with Crippen LogP contribution in [0.15, 0.2) is 108 Å². The van der Waals surface area contributed by atoms with E-state index < -0.39 is 40.3 Å². The fourth-order valence-corrected chi connectivity index (χ4v) is 7.42. The van der Waals surface area contributed by atoms with Crippen molar-refractivity contribution >= 4 is 27.5 Å². The van der Waals surface area contributed by atoms with Gasteiger partial charge in [-0.25, -0.2) is 8.42 Å². The van der Waals surface area contributed by atoms with Crippen LogP contribution < -0.4 is 9.62 Å². The highest BCUT2D eigenvalue weighted by Gasteiger charge is 2.37. The zero-order valence-electron chi connectivity index (χ0n) is 27.5. The van der Waals surface area contributed by atoms with E-state index in [0.29, 0.717) is 9.87 Å². The third-order valence-corrected chi connectivity index (χ3v) is 10.6. The molecule has 258 valence electrons. The second-order valence-corrected chi connectivity index (χ2v) is 14.4. The van der Waals surface area contributed by atoms with Gasteiger partial charge in [-0.3, -0.25) is 13.9 Å². The van der Waals surface area contributed by atoms with Crippen LogP contribution >= 0.6 is 0 Å². The zero-order valence-corrected chi connectivity index (χ0v) is 28.3. The predicted molar refractivity (Wildman–Crippen MR) is 183 cm³/mol. The minimum absolute atomic E-state index is 0.0320. The molecule has 1 aliphatic carbocycles. The van der Waals surface area contributed by atoms with E-state index in [2.05, 4.69) is 5.32 Å². The average Bonchev–Trinajstić information content (AvgIpc) is 3.59. The van der Waals surface area contributed by atoms with Crippen molar-refractivity contribution in [3.05, 3.63) is 131 Å². The summed E-state index contributed by atoms with van der Waals surface area (Å²) in [6.45, 7) is 2.82. The number of benzene rings is 4. The number of hydrogen-bond donors (Lipinski definition) is 1. The van der Waals surface area contributed by atoms with Gasteiger partial charge in [0.1, 0.15) is 12.6 Å². The Morgan fingerprint density at radius 1 is 0.816 bits per heavy atom. The molecule has 0 saturated heterocycles. The fraction of sp³-hybridized carbons (Fsp3) is 0.316. The highest BCUT2D eigenvalue weighted by atomic mass is 32.2. The molecule has 0 heterocycles. The molecule has 0 radical (unpaired) electrons. The molecule has 1 N–H and O–H groups in total. The van der Waals surface area contributed by atoms with Gasteiger partial charge in [0.05, 0.1) is 16.1 Å². The minimum atomic E-state index is -4.75. The lowest BCUT2D eigenvalue weighted by Crippen LogP contribution is -2.54. The molecule has 4 aromatic carbocycles. The highest BCUT2D eigenvalue weighted by molar-refractivity contribution is 7.92. The molecule has 11 heteroatoms. The van der Waals surface area contributed by atoms with E-state index in [1.165, 1.54) is 23.1 Å². The Balaban J connectivity index is 1.59. The molecule has 2 amide bonds. The summed E-state index contributed by atoms with van der Waals surface area (Å²) < 4.78 is 70.6. The first kappa shape index (κ1) is 35.7. The molecule has 4 aromatic rings. The third-order valence-electron chi connectivity index (χ3n) is 8.80. The molecule has 0 bridgehead atoms. The fourth-order valence-electron chi connectivity index (χ4n) is 6.02. The number of aryl methyl sites for hydroxylation is 2. The van der Waals surface area contributed by atoms with Crippen LogP contribution in [0.5, 0.6) is 0 Å². The molecule has 1 saturated carbocycles. The second kappa shape index (κ2) is 15.3. The van der Waals surface area contributed by atoms with Crippen LogP contribution in [0.1, 0.15) is 53.5 Å². The molecule has 0 unspecified atom stereocenters. The van der Waals surface area contributed by atoms with Gasteiger partial charge in [0.2, 0.25) is 11.8 Å². The summed E-state index contributed by atoms with van der Waals surface area (Å²) in [7, 11) is -4.55. The van der Waals surface area contributed by atoms with Crippen molar-refractivity contribution in [1.82, 2.24) is 10.2 Å². The van der Waals surface area contributed by atoms with Gasteiger partial charge in [0.25, 0.3) is 10.0 Å². The second-order valence-electron chi connectivity index (χ2n) is 12.6. The van der Waals surface area contributed by atoms with Crippen molar-refractivity contribution in [1.29, 1.82) is 0 Å². The summed E-state index contributed by atoms with van der Waals surface area (Å²) in [5.74, 6) is -1.11. The van der Waals surface area contributed by atoms with Crippen molar-refractivity contribution < 1.29 is 31.2 Å². The molecule has 0 spiro atoms. The molecule has 49 heavy (non-hydrogen) atoms. The molecule has 7 nitrogen and oxygen atoms in total. The SMILES string of the molecule is Cc1ccc(CN(C(=O)CN(c2cccc(C(F)(F)F)c2)S(=O)(=O)c2ccc(C)cc2)[C@H](Cc2ccccc2)C(=O)NC2CCCC2)cc1. The lowest BCUT2D eigenvalue weighted by atomic mass is 10.0. The van der Waals surface area contributed by atoms with Crippen LogP contribution in [0, 0.1) is 13.8 Å². The summed E-state index contributed by atoms with van der Waals surface area (Å²) in [5, 5.41) is 3.11. The Labute approximate surface area is 285 Å². The van der Waals surface area contributed by atoms with E-state index in [1.54, 1.807) is 19.1 Å². The quantitative estimate of drug-likeness (QED) is 0.170. The van der Waals surface area contributed by atoms with Crippen LogP contribution in [-0.4, -0.2) is 43.8 Å². The van der Waals surface area contributed by atoms with Crippen LogP contribution in [0.2, 0.25) is 0 Å². The van der Waals surface area contributed by atoms with Crippen molar-refractivity contribution in [3.8, 4) is 0 Å². The number of carbonyl (C=O) groups excluding carboxylic acids is 2. The number of nitrogens with zero attached hydrogens (tertiary/aromatic N) is 2. The zero-order chi connectivity index (χ0) is 35.2. The van der Waals surface area contributed by atoms with E-state index >= 15 is 0 Å². The van der Waals surface area contributed by atoms with E-state index in [-0.39, 0.29) is 35.5 Å². The smallest absolute Gasteiger partial charge is 0.352 e. The van der Waals surface area contributed by atoms with Gasteiger partial charge in [-0.1, -0.05) is 96.8 Å². The summed E-state index contributed by atoms with van der Waals surface area (Å²) in [6, 6.07) is 25.3. The van der Waals surface area contributed by atoms with Crippen LogP contribution in [-0.2, 0) is 38.8 Å². The van der Waals surface area contributed by atoms with Gasteiger partial charge in [0, 0.05) is 19.0 Å². The maximum Gasteiger partial charge on any atom is 0.416 e. The lowest BCUT2D eigenvalue weighted by Gasteiger charge is -2.34. The number of alkyl halides is 3. The van der Waals surface area contributed by atoms with Gasteiger partial charge in [-0.2, -0.15) is 13.2 Å². The Hall–Kier alpha value is -4.64. The van der Waals surface area contributed by atoms with Crippen molar-refractivity contribution in [2.75, 3.05) is 10.8 Å². The topological polar surface area (TPSA) is 86.8 Å². The van der Waals surface area contributed by atoms with Crippen molar-refractivity contribution in [2.45, 2.75) is 75.7 Å². The number of sulfonamides is 1. The number of carbonyl (C=O) groups is 2. The van der Waals surface area contributed by atoms with E-state index in [1.807, 2.05) is 61.5 Å². The number of hydrogen-bond acceptors (Lipinski definition) is 4. The maximum atomic E-state index is 14.6. The standard InChI is InChI=1S/C38H40F3N3O4S/c1-27-15-19-30(20-16-27)25-43(35(23-29-9-4-3-5-10-29)37(46)42-32-12-6-7-13-32)36(45)26-44(33-14-8-11-31(24-33)38(39,40)41)49(47,48)34-21-17-28(2)18-22-34/h3-5,8-11,14-22,24,32,35H,6-7,12-13,23,25-26H2,1-2H3,(H,42,46)/t35-/m1/s1. The minimum Gasteiger partial charge on any atom is -0.352 e. The molecule has 0 aliphatic heterocycles. The van der Waals surface area contributed by atoms with Crippen LogP contribution in [0.3, 0.4) is 0 Å². The Bertz CT molecular complexity index is 1840. The lowest BCUT2D eigenvalue weighted by molar-refractivity contribution is -0.140. The predicted octanol–water partition coefficient (Wildman–Crippen LogP) is 7.22. The molecular weight excluding hydrogens is 651 g/mol. The number of anilines is 1. The first-order valence-electron chi connectivity index (χ1n) is 16.3. The summed E-state index contributed by atoms with van der Waals surface area (Å²) >= 11 is 0. The van der Waals surface area contributed by atoms with E-state index in [0.717, 1.165) is 60.6 Å². The van der Waals surface area contributed by atoms with Crippen molar-refractivity contribution in [2.24, 2.45) is 0 Å². The van der Waals surface area contributed by atoms with Gasteiger partial charge in [0.15, 0.2) is 0 Å². The van der Waals surface area contributed by atoms with E-state index in [4.69, 9.17) is 0 Å². The molecule has 5 rings (SSSR count). The number of nitrogens with one attached hydrogen (secondary N) is 1. The van der Waals surface area contributed by atoms with Gasteiger partial charge in [-0.05, 0) is 68.1 Å². The number of halogens is 3. The molecule has 1 atom stereocenters. The highest BCUT2D eigenvalue weighted by Crippen LogP contribution is 2.33. The Morgan fingerprint density at radius 2 is 1.43 bits per heavy atom. The maximum absolute atomic E-state index is 14.6. The Kier molecular flexibility index (Phi) is 11.1. The molecule has 0 aromatic heterocycles. The third kappa shape index (κ3) is 9.08. The summed E-state index contributed by atoms with van der Waals surface area (Å²) in [4.78, 5) is 29.9. The normalized spacial score (nSPS) is 14.3. The molecule has 1 aliphatic rings. The monoisotopic (exact) mass is 691 g/mol. The van der Waals surface area contributed by atoms with Gasteiger partial charge >= 0.3 is 6.18 Å². The summed E-state index contributed by atoms with van der Waals surface area (Å²) in [6.07, 6.45) is -1.03. The number of rotatable bonds is 12. The van der Waals surface area contributed by atoms with E-state index in [9.17, 15) is 31.2 Å². The number of amides is 2. The molecule has 1 fully saturated rings. The summed E-state index contributed by atoms with van der Waals surface area (Å²) in [5.41, 5.74) is 1.88. The first-order chi connectivity index (χ1) is 23.3. The van der Waals surface area contributed by atoms with Gasteiger partial charge in [-0.15, -0.1) is 0 Å². The first-order valence-corrected chi connectivity index (χ1v) is 17.7. The Morgan fingerprint density at radius 3 is 2.04 bits per heavy atom.